The summed E-state index contributed by atoms with van der Waals surface area (Å²) in [5, 5.41) is 13.6. The number of rotatable bonds is 8. The fourth-order valence-electron chi connectivity index (χ4n) is 3.08. The molecule has 0 saturated carbocycles. The summed E-state index contributed by atoms with van der Waals surface area (Å²) in [5.41, 5.74) is 2.48. The molecule has 0 aliphatic heterocycles. The van der Waals surface area contributed by atoms with E-state index in [0.29, 0.717) is 5.69 Å². The van der Waals surface area contributed by atoms with Crippen LogP contribution >= 0.6 is 0 Å². The molecule has 0 aliphatic rings. The van der Waals surface area contributed by atoms with Crippen LogP contribution in [0.2, 0.25) is 0 Å². The van der Waals surface area contributed by atoms with Crippen LogP contribution in [-0.2, 0) is 19.6 Å². The van der Waals surface area contributed by atoms with E-state index in [1.807, 2.05) is 19.9 Å². The monoisotopic (exact) mass is 498 g/mol. The second-order valence-electron chi connectivity index (χ2n) is 7.64. The molecule has 0 fully saturated rings. The van der Waals surface area contributed by atoms with Crippen LogP contribution < -0.4 is 9.50 Å². The van der Waals surface area contributed by atoms with Crippen LogP contribution in [0.15, 0.2) is 65.6 Å². The Kier molecular flexibility index (Phi) is 7.50. The lowest BCUT2D eigenvalue weighted by atomic mass is 10.1. The number of esters is 1. The molecule has 0 saturated heterocycles. The molecule has 0 atom stereocenters. The number of nitrogens with zero attached hydrogens (tertiary/aromatic N) is 1. The van der Waals surface area contributed by atoms with Gasteiger partial charge < -0.3 is 14.2 Å². The number of hydrogen-bond donors (Lipinski definition) is 1. The lowest BCUT2D eigenvalue weighted by Crippen LogP contribution is -2.21. The average molecular weight is 499 g/mol. The Labute approximate surface area is 201 Å². The lowest BCUT2D eigenvalue weighted by molar-refractivity contribution is -0.385. The van der Waals surface area contributed by atoms with Gasteiger partial charge in [0.05, 0.1) is 10.5 Å². The molecule has 3 rings (SSSR count). The fraction of sp³-hybridized carbons (Fsp3) is 0.167. The van der Waals surface area contributed by atoms with Gasteiger partial charge in [-0.1, -0.05) is 18.2 Å². The van der Waals surface area contributed by atoms with Crippen molar-refractivity contribution in [3.8, 4) is 5.75 Å². The third-order valence-electron chi connectivity index (χ3n) is 5.16. The van der Waals surface area contributed by atoms with E-state index in [1.54, 1.807) is 12.1 Å². The minimum atomic E-state index is -4.36. The Bertz CT molecular complexity index is 1400. The number of anilines is 1. The van der Waals surface area contributed by atoms with Crippen molar-refractivity contribution in [2.45, 2.75) is 25.7 Å². The first-order valence-electron chi connectivity index (χ1n) is 10.3. The van der Waals surface area contributed by atoms with Gasteiger partial charge in [0.25, 0.3) is 11.6 Å². The third kappa shape index (κ3) is 6.21. The minimum Gasteiger partial charge on any atom is -0.452 e. The number of nitro benzene ring substituents is 1. The van der Waals surface area contributed by atoms with Gasteiger partial charge in [-0.05, 0) is 67.8 Å². The van der Waals surface area contributed by atoms with Gasteiger partial charge in [-0.2, -0.15) is 8.42 Å². The van der Waals surface area contributed by atoms with Gasteiger partial charge in [-0.3, -0.25) is 14.9 Å². The first-order valence-corrected chi connectivity index (χ1v) is 11.7. The van der Waals surface area contributed by atoms with Gasteiger partial charge in [0.1, 0.15) is 10.6 Å². The van der Waals surface area contributed by atoms with Gasteiger partial charge in [-0.15, -0.1) is 0 Å². The second kappa shape index (κ2) is 10.3. The quantitative estimate of drug-likeness (QED) is 0.212. The summed E-state index contributed by atoms with van der Waals surface area (Å²) in [7, 11) is -4.36. The largest absolute Gasteiger partial charge is 0.452 e. The van der Waals surface area contributed by atoms with Crippen molar-refractivity contribution in [2.75, 3.05) is 11.9 Å². The van der Waals surface area contributed by atoms with Crippen molar-refractivity contribution in [1.82, 2.24) is 0 Å². The number of aryl methyl sites for hydroxylation is 2. The highest BCUT2D eigenvalue weighted by molar-refractivity contribution is 7.87. The van der Waals surface area contributed by atoms with E-state index in [9.17, 15) is 28.1 Å². The van der Waals surface area contributed by atoms with Crippen LogP contribution in [0.25, 0.3) is 0 Å². The van der Waals surface area contributed by atoms with Crippen molar-refractivity contribution in [1.29, 1.82) is 0 Å². The summed E-state index contributed by atoms with van der Waals surface area (Å²) in [5.74, 6) is -1.41. The summed E-state index contributed by atoms with van der Waals surface area (Å²) in [6.45, 7) is 4.75. The summed E-state index contributed by atoms with van der Waals surface area (Å²) < 4.78 is 35.3. The number of hydrogen-bond acceptors (Lipinski definition) is 8. The van der Waals surface area contributed by atoms with E-state index < -0.39 is 39.2 Å². The topological polar surface area (TPSA) is 142 Å². The highest BCUT2D eigenvalue weighted by Crippen LogP contribution is 2.25. The Morgan fingerprint density at radius 3 is 2.31 bits per heavy atom. The van der Waals surface area contributed by atoms with E-state index in [0.717, 1.165) is 17.2 Å². The minimum absolute atomic E-state index is 0.0702. The van der Waals surface area contributed by atoms with Crippen LogP contribution in [0.1, 0.15) is 27.0 Å². The van der Waals surface area contributed by atoms with E-state index in [4.69, 9.17) is 8.92 Å². The van der Waals surface area contributed by atoms with Gasteiger partial charge in [-0.25, -0.2) is 4.79 Å². The number of benzene rings is 3. The van der Waals surface area contributed by atoms with E-state index in [1.165, 1.54) is 43.3 Å². The molecule has 182 valence electrons. The van der Waals surface area contributed by atoms with Gasteiger partial charge in [0, 0.05) is 17.8 Å². The zero-order chi connectivity index (χ0) is 25.8. The number of nitrogens with one attached hydrogen (secondary N) is 1. The summed E-state index contributed by atoms with van der Waals surface area (Å²) >= 11 is 0. The molecule has 0 heterocycles. The Morgan fingerprint density at radius 1 is 0.971 bits per heavy atom. The summed E-state index contributed by atoms with van der Waals surface area (Å²) in [6, 6.07) is 13.9. The van der Waals surface area contributed by atoms with Gasteiger partial charge in [0.15, 0.2) is 6.61 Å². The highest BCUT2D eigenvalue weighted by atomic mass is 32.2. The fourth-order valence-corrected chi connectivity index (χ4v) is 4.26. The van der Waals surface area contributed by atoms with Crippen molar-refractivity contribution in [2.24, 2.45) is 0 Å². The van der Waals surface area contributed by atoms with Gasteiger partial charge >= 0.3 is 16.1 Å². The predicted molar refractivity (Wildman–Crippen MR) is 127 cm³/mol. The molecule has 1 N–H and O–H groups in total. The van der Waals surface area contributed by atoms with Crippen LogP contribution in [0.3, 0.4) is 0 Å². The Balaban J connectivity index is 1.63. The van der Waals surface area contributed by atoms with Crippen molar-refractivity contribution < 1.29 is 31.9 Å². The molecule has 11 heteroatoms. The van der Waals surface area contributed by atoms with Crippen LogP contribution in [-0.4, -0.2) is 31.8 Å². The maximum absolute atomic E-state index is 12.6. The smallest absolute Gasteiger partial charge is 0.339 e. The maximum Gasteiger partial charge on any atom is 0.339 e. The number of carbonyl (C=O) groups is 2. The van der Waals surface area contributed by atoms with Gasteiger partial charge in [0.2, 0.25) is 0 Å². The molecule has 0 unspecified atom stereocenters. The molecule has 1 amide bonds. The molecular weight excluding hydrogens is 476 g/mol. The number of non-ortho nitro benzene ring substituents is 1. The van der Waals surface area contributed by atoms with Crippen molar-refractivity contribution in [3.63, 3.8) is 0 Å². The van der Waals surface area contributed by atoms with E-state index >= 15 is 0 Å². The molecule has 35 heavy (non-hydrogen) atoms. The molecule has 0 spiro atoms. The second-order valence-corrected chi connectivity index (χ2v) is 9.16. The molecule has 0 radical (unpaired) electrons. The lowest BCUT2D eigenvalue weighted by Gasteiger charge is -2.11. The van der Waals surface area contributed by atoms with E-state index in [-0.39, 0.29) is 21.8 Å². The van der Waals surface area contributed by atoms with E-state index in [2.05, 4.69) is 5.32 Å². The number of nitro groups is 1. The zero-order valence-electron chi connectivity index (χ0n) is 19.1. The third-order valence-corrected chi connectivity index (χ3v) is 6.55. The molecular formula is C24H22N2O8S. The molecule has 0 aromatic heterocycles. The standard InChI is InChI=1S/C24H22N2O8S/c1-15-5-4-6-21(17(15)3)25-23(27)14-33-24(28)18-8-11-20(12-9-18)34-35(31,32)22-13-19(26(29)30)10-7-16(22)2/h4-13H,14H2,1-3H3,(H,25,27). The maximum atomic E-state index is 12.6. The van der Waals surface area contributed by atoms with Crippen LogP contribution in [0, 0.1) is 30.9 Å². The normalized spacial score (nSPS) is 10.9. The van der Waals surface area contributed by atoms with Crippen molar-refractivity contribution >= 4 is 33.4 Å². The van der Waals surface area contributed by atoms with Crippen LogP contribution in [0.4, 0.5) is 11.4 Å². The molecule has 10 nitrogen and oxygen atoms in total. The summed E-state index contributed by atoms with van der Waals surface area (Å²) in [4.78, 5) is 34.3. The molecule has 0 bridgehead atoms. The highest BCUT2D eigenvalue weighted by Gasteiger charge is 2.23. The zero-order valence-corrected chi connectivity index (χ0v) is 19.9. The van der Waals surface area contributed by atoms with Crippen molar-refractivity contribution in [3.05, 3.63) is 93.0 Å². The number of carbonyl (C=O) groups excluding carboxylic acids is 2. The van der Waals surface area contributed by atoms with Crippen LogP contribution in [0.5, 0.6) is 5.75 Å². The Hall–Kier alpha value is -4.25. The first kappa shape index (κ1) is 25.4. The number of ether oxygens (including phenoxy) is 1. The molecule has 0 aliphatic carbocycles. The predicted octanol–water partition coefficient (Wildman–Crippen LogP) is 4.08. The molecule has 3 aromatic carbocycles. The number of amides is 1. The average Bonchev–Trinajstić information content (AvgIpc) is 2.80. The molecule has 3 aromatic rings. The SMILES string of the molecule is Cc1ccc([N+](=O)[O-])cc1S(=O)(=O)Oc1ccc(C(=O)OCC(=O)Nc2cccc(C)c2C)cc1. The first-order chi connectivity index (χ1) is 16.5. The Morgan fingerprint density at radius 2 is 1.66 bits per heavy atom. The summed E-state index contributed by atoms with van der Waals surface area (Å²) in [6.07, 6.45) is 0.